The van der Waals surface area contributed by atoms with E-state index in [0.717, 1.165) is 28.7 Å². The summed E-state index contributed by atoms with van der Waals surface area (Å²) in [6.45, 7) is 3.46. The van der Waals surface area contributed by atoms with Crippen LogP contribution in [0.15, 0.2) is 22.7 Å². The zero-order chi connectivity index (χ0) is 13.8. The first kappa shape index (κ1) is 13.9. The van der Waals surface area contributed by atoms with Crippen LogP contribution < -0.4 is 10.2 Å². The van der Waals surface area contributed by atoms with Crippen molar-refractivity contribution >= 4 is 27.5 Å². The number of amides is 1. The third-order valence-corrected chi connectivity index (χ3v) is 3.89. The van der Waals surface area contributed by atoms with Crippen LogP contribution in [0.1, 0.15) is 18.4 Å². The normalized spacial score (nSPS) is 19.5. The highest BCUT2D eigenvalue weighted by Crippen LogP contribution is 2.30. The molecule has 0 bridgehead atoms. The number of nitrogens with one attached hydrogen (secondary N) is 1. The summed E-state index contributed by atoms with van der Waals surface area (Å²) < 4.78 is 0.963. The Hall–Kier alpha value is -1.54. The average Bonchev–Trinajstić information content (AvgIpc) is 2.54. The van der Waals surface area contributed by atoms with Gasteiger partial charge >= 0.3 is 0 Å². The standard InChI is InChI=1S/C14H16BrN3O/c1-10-3-4-12(11(15)9-10)18-8-2-7-17-14(19)13(18)5-6-16/h3-4,9,13H,2,5,7-8H2,1H3,(H,17,19). The van der Waals surface area contributed by atoms with E-state index in [1.165, 1.54) is 0 Å². The summed E-state index contributed by atoms with van der Waals surface area (Å²) in [5.41, 5.74) is 2.13. The van der Waals surface area contributed by atoms with Crippen molar-refractivity contribution in [1.29, 1.82) is 5.26 Å². The number of rotatable bonds is 2. The lowest BCUT2D eigenvalue weighted by Gasteiger charge is -2.30. The molecule has 1 atom stereocenters. The maximum atomic E-state index is 12.0. The van der Waals surface area contributed by atoms with E-state index in [4.69, 9.17) is 5.26 Å². The topological polar surface area (TPSA) is 56.1 Å². The Kier molecular flexibility index (Phi) is 4.43. The highest BCUT2D eigenvalue weighted by molar-refractivity contribution is 9.10. The van der Waals surface area contributed by atoms with Gasteiger partial charge in [-0.25, -0.2) is 0 Å². The monoisotopic (exact) mass is 321 g/mol. The molecule has 1 N–H and O–H groups in total. The van der Waals surface area contributed by atoms with Crippen LogP contribution in [0.25, 0.3) is 0 Å². The van der Waals surface area contributed by atoms with Crippen LogP contribution in [0.3, 0.4) is 0 Å². The number of benzene rings is 1. The lowest BCUT2D eigenvalue weighted by molar-refractivity contribution is -0.121. The zero-order valence-electron chi connectivity index (χ0n) is 10.8. The number of carbonyl (C=O) groups is 1. The molecule has 19 heavy (non-hydrogen) atoms. The molecule has 1 unspecified atom stereocenters. The predicted molar refractivity (Wildman–Crippen MR) is 77.9 cm³/mol. The fourth-order valence-corrected chi connectivity index (χ4v) is 3.02. The quantitative estimate of drug-likeness (QED) is 0.909. The minimum absolute atomic E-state index is 0.0634. The van der Waals surface area contributed by atoms with E-state index in [2.05, 4.69) is 27.3 Å². The zero-order valence-corrected chi connectivity index (χ0v) is 12.4. The molecule has 1 fully saturated rings. The smallest absolute Gasteiger partial charge is 0.243 e. The van der Waals surface area contributed by atoms with Crippen LogP contribution >= 0.6 is 15.9 Å². The van der Waals surface area contributed by atoms with E-state index < -0.39 is 6.04 Å². The number of nitriles is 1. The summed E-state index contributed by atoms with van der Waals surface area (Å²) in [5, 5.41) is 11.8. The molecule has 1 aromatic rings. The molecule has 0 spiro atoms. The largest absolute Gasteiger partial charge is 0.358 e. The second-order valence-corrected chi connectivity index (χ2v) is 5.53. The van der Waals surface area contributed by atoms with Gasteiger partial charge in [0, 0.05) is 17.6 Å². The molecule has 2 rings (SSSR count). The molecule has 1 saturated heterocycles. The first-order chi connectivity index (χ1) is 9.13. The fourth-order valence-electron chi connectivity index (χ4n) is 2.30. The van der Waals surface area contributed by atoms with E-state index in [9.17, 15) is 4.79 Å². The Labute approximate surface area is 121 Å². The molecule has 0 aliphatic carbocycles. The summed E-state index contributed by atoms with van der Waals surface area (Å²) in [5.74, 6) is -0.0634. The minimum Gasteiger partial charge on any atom is -0.358 e. The molecular formula is C14H16BrN3O. The van der Waals surface area contributed by atoms with Crippen molar-refractivity contribution in [3.63, 3.8) is 0 Å². The summed E-state index contributed by atoms with van der Waals surface area (Å²) in [6, 6.07) is 7.75. The number of aryl methyl sites for hydroxylation is 1. The molecule has 1 heterocycles. The Bertz CT molecular complexity index is 524. The Morgan fingerprint density at radius 2 is 2.37 bits per heavy atom. The number of nitrogens with zero attached hydrogens (tertiary/aromatic N) is 2. The van der Waals surface area contributed by atoms with Gasteiger partial charge in [0.2, 0.25) is 5.91 Å². The van der Waals surface area contributed by atoms with Gasteiger partial charge in [0.05, 0.1) is 18.2 Å². The van der Waals surface area contributed by atoms with Crippen LogP contribution in [0.4, 0.5) is 5.69 Å². The van der Waals surface area contributed by atoms with Gasteiger partial charge in [0.15, 0.2) is 0 Å². The number of hydrogen-bond acceptors (Lipinski definition) is 3. The second kappa shape index (κ2) is 6.07. The van der Waals surface area contributed by atoms with Gasteiger partial charge in [-0.1, -0.05) is 6.07 Å². The third-order valence-electron chi connectivity index (χ3n) is 3.25. The number of carbonyl (C=O) groups excluding carboxylic acids is 1. The molecule has 1 aliphatic heterocycles. The lowest BCUT2D eigenvalue weighted by Crippen LogP contribution is -2.44. The van der Waals surface area contributed by atoms with E-state index in [-0.39, 0.29) is 12.3 Å². The van der Waals surface area contributed by atoms with Crippen molar-refractivity contribution in [2.45, 2.75) is 25.8 Å². The van der Waals surface area contributed by atoms with E-state index in [0.29, 0.717) is 6.54 Å². The summed E-state index contributed by atoms with van der Waals surface area (Å²) in [4.78, 5) is 14.1. The maximum absolute atomic E-state index is 12.0. The Morgan fingerprint density at radius 3 is 3.05 bits per heavy atom. The van der Waals surface area contributed by atoms with E-state index >= 15 is 0 Å². The van der Waals surface area contributed by atoms with Gasteiger partial charge < -0.3 is 10.2 Å². The molecule has 5 heteroatoms. The number of anilines is 1. The van der Waals surface area contributed by atoms with Crippen molar-refractivity contribution in [2.24, 2.45) is 0 Å². The Morgan fingerprint density at radius 1 is 1.58 bits per heavy atom. The van der Waals surface area contributed by atoms with Crippen LogP contribution in [-0.2, 0) is 4.79 Å². The molecule has 0 saturated carbocycles. The molecule has 0 aromatic heterocycles. The van der Waals surface area contributed by atoms with E-state index in [1.807, 2.05) is 30.0 Å². The molecule has 1 aromatic carbocycles. The maximum Gasteiger partial charge on any atom is 0.243 e. The molecule has 0 radical (unpaired) electrons. The molecule has 100 valence electrons. The molecule has 1 aliphatic rings. The molecular weight excluding hydrogens is 306 g/mol. The number of halogens is 1. The highest BCUT2D eigenvalue weighted by atomic mass is 79.9. The van der Waals surface area contributed by atoms with Gasteiger partial charge in [-0.05, 0) is 47.0 Å². The third kappa shape index (κ3) is 3.07. The SMILES string of the molecule is Cc1ccc(N2CCCNC(=O)C2CC#N)c(Br)c1. The van der Waals surface area contributed by atoms with Crippen LogP contribution in [0, 0.1) is 18.3 Å². The van der Waals surface area contributed by atoms with Gasteiger partial charge in [-0.2, -0.15) is 5.26 Å². The van der Waals surface area contributed by atoms with Gasteiger partial charge in [-0.15, -0.1) is 0 Å². The van der Waals surface area contributed by atoms with Crippen molar-refractivity contribution in [2.75, 3.05) is 18.0 Å². The average molecular weight is 322 g/mol. The predicted octanol–water partition coefficient (Wildman–Crippen LogP) is 2.37. The minimum atomic E-state index is -0.411. The second-order valence-electron chi connectivity index (χ2n) is 4.67. The van der Waals surface area contributed by atoms with Crippen molar-refractivity contribution in [3.8, 4) is 6.07 Å². The highest BCUT2D eigenvalue weighted by Gasteiger charge is 2.29. The first-order valence-corrected chi connectivity index (χ1v) is 7.10. The fraction of sp³-hybridized carbons (Fsp3) is 0.429. The van der Waals surface area contributed by atoms with Crippen LogP contribution in [-0.4, -0.2) is 25.0 Å². The summed E-state index contributed by atoms with van der Waals surface area (Å²) >= 11 is 3.55. The van der Waals surface area contributed by atoms with Crippen molar-refractivity contribution < 1.29 is 4.79 Å². The van der Waals surface area contributed by atoms with Gasteiger partial charge in [0.25, 0.3) is 0 Å². The van der Waals surface area contributed by atoms with Crippen molar-refractivity contribution in [1.82, 2.24) is 5.32 Å². The summed E-state index contributed by atoms with van der Waals surface area (Å²) in [7, 11) is 0. The molecule has 1 amide bonds. The summed E-state index contributed by atoms with van der Waals surface area (Å²) in [6.07, 6.45) is 1.08. The van der Waals surface area contributed by atoms with Gasteiger partial charge in [0.1, 0.15) is 6.04 Å². The Balaban J connectivity index is 2.37. The molecule has 4 nitrogen and oxygen atoms in total. The van der Waals surface area contributed by atoms with Crippen LogP contribution in [0.5, 0.6) is 0 Å². The lowest BCUT2D eigenvalue weighted by atomic mass is 10.1. The number of hydrogen-bond donors (Lipinski definition) is 1. The van der Waals surface area contributed by atoms with Crippen LogP contribution in [0.2, 0.25) is 0 Å². The first-order valence-electron chi connectivity index (χ1n) is 6.31. The van der Waals surface area contributed by atoms with E-state index in [1.54, 1.807) is 0 Å². The van der Waals surface area contributed by atoms with Crippen molar-refractivity contribution in [3.05, 3.63) is 28.2 Å². The van der Waals surface area contributed by atoms with Gasteiger partial charge in [-0.3, -0.25) is 4.79 Å².